The molecule has 0 saturated carbocycles. The molecular formula is C10H14N4O2S. The van der Waals surface area contributed by atoms with Crippen LogP contribution in [0.5, 0.6) is 0 Å². The van der Waals surface area contributed by atoms with Gasteiger partial charge in [0.2, 0.25) is 5.82 Å². The lowest BCUT2D eigenvalue weighted by Crippen LogP contribution is -2.10. The lowest BCUT2D eigenvalue weighted by Gasteiger charge is -2.14. The van der Waals surface area contributed by atoms with Crippen LogP contribution in [0.15, 0.2) is 9.90 Å². The van der Waals surface area contributed by atoms with Gasteiger partial charge >= 0.3 is 0 Å². The molecule has 0 aliphatic heterocycles. The Morgan fingerprint density at radius 3 is 2.71 bits per heavy atom. The summed E-state index contributed by atoms with van der Waals surface area (Å²) in [5.74, 6) is 1.17. The first kappa shape index (κ1) is 12.0. The maximum Gasteiger partial charge on any atom is 0.277 e. The van der Waals surface area contributed by atoms with E-state index in [1.807, 2.05) is 13.8 Å². The smallest absolute Gasteiger partial charge is 0.277 e. The van der Waals surface area contributed by atoms with E-state index in [0.717, 1.165) is 0 Å². The Hall–Kier alpha value is -1.47. The molecule has 0 aromatic carbocycles. The maximum atomic E-state index is 5.55. The van der Waals surface area contributed by atoms with Gasteiger partial charge in [-0.05, 0) is 5.92 Å². The van der Waals surface area contributed by atoms with Crippen LogP contribution in [0.25, 0.3) is 11.6 Å². The van der Waals surface area contributed by atoms with Crippen molar-refractivity contribution in [1.29, 1.82) is 0 Å². The fourth-order valence-corrected chi connectivity index (χ4v) is 2.05. The van der Waals surface area contributed by atoms with Crippen molar-refractivity contribution in [2.75, 3.05) is 12.8 Å². The molecule has 0 radical (unpaired) electrons. The van der Waals surface area contributed by atoms with Crippen molar-refractivity contribution >= 4 is 16.5 Å². The molecule has 0 amide bonds. The standard InChI is InChI=1S/C10H14N4O2S/c1-5(2)7(15-3)8-13-9(16-14-8)6-4-17-10(11)12-6/h4-5,7H,1-3H3,(H2,11,12). The van der Waals surface area contributed by atoms with E-state index >= 15 is 0 Å². The number of nitrogens with zero attached hydrogens (tertiary/aromatic N) is 3. The van der Waals surface area contributed by atoms with E-state index in [9.17, 15) is 0 Å². The predicted molar refractivity (Wildman–Crippen MR) is 64.4 cm³/mol. The summed E-state index contributed by atoms with van der Waals surface area (Å²) in [6.07, 6.45) is -0.177. The molecule has 0 aliphatic carbocycles. The van der Waals surface area contributed by atoms with Gasteiger partial charge in [0, 0.05) is 12.5 Å². The van der Waals surface area contributed by atoms with Crippen molar-refractivity contribution in [3.05, 3.63) is 11.2 Å². The van der Waals surface area contributed by atoms with Gasteiger partial charge in [0.1, 0.15) is 11.8 Å². The summed E-state index contributed by atoms with van der Waals surface area (Å²) >= 11 is 1.34. The van der Waals surface area contributed by atoms with E-state index in [4.69, 9.17) is 15.0 Å². The number of anilines is 1. The van der Waals surface area contributed by atoms with Crippen LogP contribution in [0.3, 0.4) is 0 Å². The number of nitrogen functional groups attached to an aromatic ring is 1. The molecule has 2 heterocycles. The summed E-state index contributed by atoms with van der Waals surface area (Å²) in [6.45, 7) is 4.07. The minimum absolute atomic E-state index is 0.177. The molecule has 7 heteroatoms. The van der Waals surface area contributed by atoms with Crippen LogP contribution in [-0.2, 0) is 4.74 Å². The zero-order valence-electron chi connectivity index (χ0n) is 9.88. The SMILES string of the molecule is COC(c1noc(-c2csc(N)n2)n1)C(C)C. The van der Waals surface area contributed by atoms with Crippen LogP contribution in [0.4, 0.5) is 5.13 Å². The van der Waals surface area contributed by atoms with Crippen molar-refractivity contribution in [1.82, 2.24) is 15.1 Å². The third-order valence-electron chi connectivity index (χ3n) is 2.30. The summed E-state index contributed by atoms with van der Waals surface area (Å²) in [4.78, 5) is 8.36. The van der Waals surface area contributed by atoms with Gasteiger partial charge in [-0.3, -0.25) is 0 Å². The van der Waals surface area contributed by atoms with E-state index in [2.05, 4.69) is 15.1 Å². The van der Waals surface area contributed by atoms with Gasteiger partial charge in [-0.1, -0.05) is 19.0 Å². The number of hydrogen-bond acceptors (Lipinski definition) is 7. The first-order chi connectivity index (χ1) is 8.11. The minimum atomic E-state index is -0.177. The quantitative estimate of drug-likeness (QED) is 0.899. The molecule has 0 saturated heterocycles. The Bertz CT molecular complexity index is 494. The van der Waals surface area contributed by atoms with Crippen molar-refractivity contribution < 1.29 is 9.26 Å². The summed E-state index contributed by atoms with van der Waals surface area (Å²) in [7, 11) is 1.63. The zero-order valence-corrected chi connectivity index (χ0v) is 10.7. The number of ether oxygens (including phenoxy) is 1. The van der Waals surface area contributed by atoms with Crippen LogP contribution in [-0.4, -0.2) is 22.2 Å². The maximum absolute atomic E-state index is 5.55. The van der Waals surface area contributed by atoms with Gasteiger partial charge in [-0.2, -0.15) is 4.98 Å². The van der Waals surface area contributed by atoms with Crippen LogP contribution >= 0.6 is 11.3 Å². The molecule has 6 nitrogen and oxygen atoms in total. The molecular weight excluding hydrogens is 240 g/mol. The van der Waals surface area contributed by atoms with Gasteiger partial charge in [0.05, 0.1) is 0 Å². The van der Waals surface area contributed by atoms with E-state index in [-0.39, 0.29) is 12.0 Å². The zero-order chi connectivity index (χ0) is 12.4. The lowest BCUT2D eigenvalue weighted by molar-refractivity contribution is 0.0556. The van der Waals surface area contributed by atoms with E-state index in [0.29, 0.717) is 22.5 Å². The van der Waals surface area contributed by atoms with Gasteiger partial charge in [-0.15, -0.1) is 11.3 Å². The molecule has 2 aromatic heterocycles. The third-order valence-corrected chi connectivity index (χ3v) is 2.97. The van der Waals surface area contributed by atoms with Crippen molar-refractivity contribution in [3.63, 3.8) is 0 Å². The number of thiazole rings is 1. The number of hydrogen-bond donors (Lipinski definition) is 1. The molecule has 1 atom stereocenters. The highest BCUT2D eigenvalue weighted by molar-refractivity contribution is 7.13. The molecule has 2 N–H and O–H groups in total. The van der Waals surface area contributed by atoms with Crippen molar-refractivity contribution in [2.24, 2.45) is 5.92 Å². The Kier molecular flexibility index (Phi) is 3.39. The fraction of sp³-hybridized carbons (Fsp3) is 0.500. The van der Waals surface area contributed by atoms with Gasteiger partial charge in [-0.25, -0.2) is 4.98 Å². The molecule has 2 aromatic rings. The van der Waals surface area contributed by atoms with Gasteiger partial charge in [0.15, 0.2) is 5.13 Å². The normalized spacial score (nSPS) is 13.2. The number of nitrogens with two attached hydrogens (primary N) is 1. The van der Waals surface area contributed by atoms with Gasteiger partial charge < -0.3 is 15.0 Å². The second kappa shape index (κ2) is 4.80. The average Bonchev–Trinajstić information content (AvgIpc) is 2.87. The minimum Gasteiger partial charge on any atom is -0.375 e. The number of rotatable bonds is 4. The Labute approximate surface area is 103 Å². The predicted octanol–water partition coefficient (Wildman–Crippen LogP) is 2.12. The van der Waals surface area contributed by atoms with E-state index < -0.39 is 0 Å². The van der Waals surface area contributed by atoms with Crippen molar-refractivity contribution in [2.45, 2.75) is 20.0 Å². The highest BCUT2D eigenvalue weighted by atomic mass is 32.1. The average molecular weight is 254 g/mol. The summed E-state index contributed by atoms with van der Waals surface area (Å²) in [5.41, 5.74) is 6.15. The largest absolute Gasteiger partial charge is 0.375 e. The lowest BCUT2D eigenvalue weighted by atomic mass is 10.1. The van der Waals surface area contributed by atoms with E-state index in [1.54, 1.807) is 12.5 Å². The number of aromatic nitrogens is 3. The Morgan fingerprint density at radius 1 is 1.41 bits per heavy atom. The highest BCUT2D eigenvalue weighted by Crippen LogP contribution is 2.26. The Morgan fingerprint density at radius 2 is 2.18 bits per heavy atom. The third kappa shape index (κ3) is 2.45. The summed E-state index contributed by atoms with van der Waals surface area (Å²) in [6, 6.07) is 0. The molecule has 2 rings (SSSR count). The second-order valence-corrected chi connectivity index (χ2v) is 4.82. The topological polar surface area (TPSA) is 87.1 Å². The van der Waals surface area contributed by atoms with E-state index in [1.165, 1.54) is 11.3 Å². The molecule has 0 bridgehead atoms. The van der Waals surface area contributed by atoms with Crippen LogP contribution < -0.4 is 5.73 Å². The molecule has 0 spiro atoms. The number of methoxy groups -OCH3 is 1. The van der Waals surface area contributed by atoms with Crippen LogP contribution in [0.1, 0.15) is 25.8 Å². The van der Waals surface area contributed by atoms with Crippen LogP contribution in [0.2, 0.25) is 0 Å². The Balaban J connectivity index is 2.26. The first-order valence-corrected chi connectivity index (χ1v) is 6.07. The highest BCUT2D eigenvalue weighted by Gasteiger charge is 2.22. The van der Waals surface area contributed by atoms with Gasteiger partial charge in [0.25, 0.3) is 5.89 Å². The molecule has 92 valence electrons. The van der Waals surface area contributed by atoms with Crippen LogP contribution in [0, 0.1) is 5.92 Å². The molecule has 0 aliphatic rings. The summed E-state index contributed by atoms with van der Waals surface area (Å²) < 4.78 is 10.5. The first-order valence-electron chi connectivity index (χ1n) is 5.19. The second-order valence-electron chi connectivity index (χ2n) is 3.93. The monoisotopic (exact) mass is 254 g/mol. The molecule has 0 fully saturated rings. The van der Waals surface area contributed by atoms with Crippen molar-refractivity contribution in [3.8, 4) is 11.6 Å². The fourth-order valence-electron chi connectivity index (χ4n) is 1.52. The molecule has 17 heavy (non-hydrogen) atoms. The molecule has 1 unspecified atom stereocenters. The summed E-state index contributed by atoms with van der Waals surface area (Å²) in [5, 5.41) is 6.17.